The van der Waals surface area contributed by atoms with Gasteiger partial charge < -0.3 is 29.5 Å². The van der Waals surface area contributed by atoms with Gasteiger partial charge in [-0.1, -0.05) is 17.2 Å². The molecular formula is C27H32O7. The average Bonchev–Trinajstić information content (AvgIpc) is 2.78. The fourth-order valence-corrected chi connectivity index (χ4v) is 4.28. The number of ether oxygens (including phenoxy) is 3. The van der Waals surface area contributed by atoms with Gasteiger partial charge in [-0.2, -0.15) is 0 Å². The maximum atomic E-state index is 13.9. The number of phenolic OH excluding ortho intramolecular Hbond substituents is 3. The van der Waals surface area contributed by atoms with Crippen molar-refractivity contribution in [3.05, 3.63) is 65.3 Å². The lowest BCUT2D eigenvalue weighted by Gasteiger charge is -2.42. The summed E-state index contributed by atoms with van der Waals surface area (Å²) in [4.78, 5) is 13.9. The number of allylic oxidation sites excluding steroid dienone is 2. The Hall–Kier alpha value is -3.45. The van der Waals surface area contributed by atoms with E-state index in [1.165, 1.54) is 20.3 Å². The third-order valence-electron chi connectivity index (χ3n) is 6.20. The van der Waals surface area contributed by atoms with Crippen LogP contribution in [-0.4, -0.2) is 40.9 Å². The molecule has 182 valence electrons. The first kappa shape index (κ1) is 25.2. The number of carbonyl (C=O) groups is 1. The van der Waals surface area contributed by atoms with Gasteiger partial charge in [0.2, 0.25) is 11.5 Å². The molecular weight excluding hydrogens is 436 g/mol. The highest BCUT2D eigenvalue weighted by Crippen LogP contribution is 2.53. The van der Waals surface area contributed by atoms with Crippen LogP contribution in [0.4, 0.5) is 0 Å². The monoisotopic (exact) mass is 468 g/mol. The molecule has 0 amide bonds. The Bertz CT molecular complexity index is 1130. The summed E-state index contributed by atoms with van der Waals surface area (Å²) in [6.07, 6.45) is 1.07. The first-order valence-corrected chi connectivity index (χ1v) is 11.1. The number of phenols is 3. The van der Waals surface area contributed by atoms with Crippen LogP contribution < -0.4 is 9.47 Å². The van der Waals surface area contributed by atoms with E-state index < -0.39 is 23.2 Å². The molecule has 2 atom stereocenters. The van der Waals surface area contributed by atoms with E-state index in [0.717, 1.165) is 11.1 Å². The predicted molar refractivity (Wildman–Crippen MR) is 129 cm³/mol. The second kappa shape index (κ2) is 9.81. The first-order chi connectivity index (χ1) is 16.0. The lowest BCUT2D eigenvalue weighted by atomic mass is 9.77. The SMILES string of the molecule is C=C(C)CCc1cc(C2Oc3cc(O)c(OC)c(O)c3C(=O)C2(CCC(=C)C)OC)ccc1O. The first-order valence-electron chi connectivity index (χ1n) is 11.1. The predicted octanol–water partition coefficient (Wildman–Crippen LogP) is 5.38. The van der Waals surface area contributed by atoms with E-state index in [4.69, 9.17) is 14.2 Å². The summed E-state index contributed by atoms with van der Waals surface area (Å²) in [5.41, 5.74) is 1.54. The topological polar surface area (TPSA) is 105 Å². The molecule has 2 aromatic rings. The number of ketones is 1. The third-order valence-corrected chi connectivity index (χ3v) is 6.20. The van der Waals surface area contributed by atoms with Crippen molar-refractivity contribution in [2.24, 2.45) is 0 Å². The van der Waals surface area contributed by atoms with Crippen molar-refractivity contribution in [2.75, 3.05) is 14.2 Å². The largest absolute Gasteiger partial charge is 0.508 e. The molecule has 7 nitrogen and oxygen atoms in total. The van der Waals surface area contributed by atoms with Crippen LogP contribution in [0.1, 0.15) is 60.7 Å². The minimum Gasteiger partial charge on any atom is -0.508 e. The van der Waals surface area contributed by atoms with Crippen LogP contribution in [0.2, 0.25) is 0 Å². The molecule has 3 rings (SSSR count). The van der Waals surface area contributed by atoms with Crippen LogP contribution in [0.25, 0.3) is 0 Å². The van der Waals surface area contributed by atoms with Gasteiger partial charge in [0.25, 0.3) is 0 Å². The molecule has 34 heavy (non-hydrogen) atoms. The van der Waals surface area contributed by atoms with Crippen molar-refractivity contribution in [1.82, 2.24) is 0 Å². The van der Waals surface area contributed by atoms with Crippen LogP contribution >= 0.6 is 0 Å². The molecule has 2 unspecified atom stereocenters. The number of methoxy groups -OCH3 is 2. The molecule has 1 aliphatic rings. The summed E-state index contributed by atoms with van der Waals surface area (Å²) in [7, 11) is 2.71. The van der Waals surface area contributed by atoms with Crippen LogP contribution in [0.15, 0.2) is 48.6 Å². The quantitative estimate of drug-likeness (QED) is 0.424. The summed E-state index contributed by atoms with van der Waals surface area (Å²) in [6.45, 7) is 11.6. The molecule has 3 N–H and O–H groups in total. The number of Topliss-reactive ketones (excluding diaryl/α,β-unsaturated/α-hetero) is 1. The summed E-state index contributed by atoms with van der Waals surface area (Å²) in [5, 5.41) is 31.4. The Balaban J connectivity index is 2.20. The van der Waals surface area contributed by atoms with E-state index in [2.05, 4.69) is 13.2 Å². The lowest BCUT2D eigenvalue weighted by molar-refractivity contribution is -0.0793. The molecule has 7 heteroatoms. The summed E-state index contributed by atoms with van der Waals surface area (Å²) in [6, 6.07) is 6.29. The minimum atomic E-state index is -1.49. The number of aryl methyl sites for hydroxylation is 1. The minimum absolute atomic E-state index is 0.0189. The maximum Gasteiger partial charge on any atom is 0.206 e. The smallest absolute Gasteiger partial charge is 0.206 e. The summed E-state index contributed by atoms with van der Waals surface area (Å²) >= 11 is 0. The zero-order valence-electron chi connectivity index (χ0n) is 20.1. The van der Waals surface area contributed by atoms with Gasteiger partial charge in [0.15, 0.2) is 23.2 Å². The molecule has 0 spiro atoms. The lowest BCUT2D eigenvalue weighted by Crippen LogP contribution is -2.51. The fourth-order valence-electron chi connectivity index (χ4n) is 4.28. The van der Waals surface area contributed by atoms with Gasteiger partial charge in [0.1, 0.15) is 17.1 Å². The van der Waals surface area contributed by atoms with Crippen molar-refractivity contribution in [2.45, 2.75) is 51.2 Å². The van der Waals surface area contributed by atoms with Crippen molar-refractivity contribution in [3.8, 4) is 28.7 Å². The van der Waals surface area contributed by atoms with E-state index in [1.807, 2.05) is 13.8 Å². The molecule has 0 saturated carbocycles. The second-order valence-corrected chi connectivity index (χ2v) is 8.87. The number of aromatic hydroxyl groups is 3. The maximum absolute atomic E-state index is 13.9. The van der Waals surface area contributed by atoms with Gasteiger partial charge >= 0.3 is 0 Å². The summed E-state index contributed by atoms with van der Waals surface area (Å²) < 4.78 is 17.2. The third kappa shape index (κ3) is 4.48. The number of rotatable bonds is 9. The van der Waals surface area contributed by atoms with Gasteiger partial charge in [-0.25, -0.2) is 0 Å². The van der Waals surface area contributed by atoms with Crippen LogP contribution in [0, 0.1) is 0 Å². The normalized spacial score (nSPS) is 19.3. The second-order valence-electron chi connectivity index (χ2n) is 8.87. The Morgan fingerprint density at radius 3 is 2.32 bits per heavy atom. The van der Waals surface area contributed by atoms with Gasteiger partial charge in [-0.15, -0.1) is 13.2 Å². The highest BCUT2D eigenvalue weighted by molar-refractivity contribution is 6.09. The van der Waals surface area contributed by atoms with E-state index in [1.54, 1.807) is 18.2 Å². The number of hydrogen-bond acceptors (Lipinski definition) is 7. The number of carbonyl (C=O) groups excluding carboxylic acids is 1. The average molecular weight is 469 g/mol. The van der Waals surface area contributed by atoms with Crippen LogP contribution in [0.3, 0.4) is 0 Å². The van der Waals surface area contributed by atoms with Gasteiger partial charge in [0, 0.05) is 13.2 Å². The fraction of sp³-hybridized carbons (Fsp3) is 0.370. The molecule has 1 heterocycles. The Morgan fingerprint density at radius 2 is 1.74 bits per heavy atom. The van der Waals surface area contributed by atoms with E-state index >= 15 is 0 Å². The number of fused-ring (bicyclic) bond motifs is 1. The Morgan fingerprint density at radius 1 is 1.06 bits per heavy atom. The highest BCUT2D eigenvalue weighted by atomic mass is 16.6. The zero-order valence-corrected chi connectivity index (χ0v) is 20.1. The molecule has 0 radical (unpaired) electrons. The molecule has 2 aromatic carbocycles. The van der Waals surface area contributed by atoms with Crippen molar-refractivity contribution >= 4 is 5.78 Å². The van der Waals surface area contributed by atoms with Gasteiger partial charge in [0.05, 0.1) is 7.11 Å². The highest BCUT2D eigenvalue weighted by Gasteiger charge is 2.54. The van der Waals surface area contributed by atoms with Crippen LogP contribution in [0.5, 0.6) is 28.7 Å². The standard InChI is InChI=1S/C27H32O7/c1-15(2)7-8-17-13-18(9-10-19(17)28)26-27(33-6,12-11-16(3)4)25(31)22-21(34-26)14-20(29)24(32-5)23(22)30/h9-10,13-14,26,28-30H,1,3,7-8,11-12H2,2,4-6H3. The number of benzene rings is 2. The molecule has 0 saturated heterocycles. The zero-order chi connectivity index (χ0) is 25.2. The van der Waals surface area contributed by atoms with Crippen LogP contribution in [-0.2, 0) is 11.2 Å². The molecule has 0 aliphatic carbocycles. The molecule has 0 aromatic heterocycles. The van der Waals surface area contributed by atoms with Crippen molar-refractivity contribution in [1.29, 1.82) is 0 Å². The van der Waals surface area contributed by atoms with Gasteiger partial charge in [-0.3, -0.25) is 4.79 Å². The van der Waals surface area contributed by atoms with E-state index in [9.17, 15) is 20.1 Å². The summed E-state index contributed by atoms with van der Waals surface area (Å²) in [5.74, 6) is -1.42. The van der Waals surface area contributed by atoms with Crippen molar-refractivity contribution in [3.63, 3.8) is 0 Å². The van der Waals surface area contributed by atoms with Gasteiger partial charge in [-0.05, 0) is 62.8 Å². The molecule has 0 bridgehead atoms. The number of hydrogen-bond donors (Lipinski definition) is 3. The Labute approximate surface area is 199 Å². The molecule has 0 fully saturated rings. The van der Waals surface area contributed by atoms with E-state index in [-0.39, 0.29) is 35.0 Å². The Kier molecular flexibility index (Phi) is 7.26. The molecule has 1 aliphatic heterocycles. The van der Waals surface area contributed by atoms with E-state index in [0.29, 0.717) is 30.4 Å². The van der Waals surface area contributed by atoms with Crippen molar-refractivity contribution < 1.29 is 34.3 Å².